The first kappa shape index (κ1) is 17.6. The first-order valence-electron chi connectivity index (χ1n) is 7.19. The van der Waals surface area contributed by atoms with E-state index in [1.54, 1.807) is 48.5 Å². The Morgan fingerprint density at radius 3 is 2.33 bits per heavy atom. The van der Waals surface area contributed by atoms with Crippen LogP contribution in [0.3, 0.4) is 0 Å². The zero-order chi connectivity index (χ0) is 17.4. The third-order valence-electron chi connectivity index (χ3n) is 2.97. The molecule has 0 aliphatic rings. The average Bonchev–Trinajstić information content (AvgIpc) is 2.61. The monoisotopic (exact) mass is 346 g/mol. The number of hydrogen-bond acceptors (Lipinski definition) is 6. The van der Waals surface area contributed by atoms with Gasteiger partial charge in [0, 0.05) is 10.5 Å². The number of carbonyl (C=O) groups is 2. The highest BCUT2D eigenvalue weighted by Gasteiger charge is 2.10. The van der Waals surface area contributed by atoms with Crippen LogP contribution in [0.5, 0.6) is 5.75 Å². The van der Waals surface area contributed by atoms with E-state index >= 15 is 0 Å². The molecule has 0 fully saturated rings. The van der Waals surface area contributed by atoms with Crippen LogP contribution in [0.25, 0.3) is 0 Å². The Labute approximate surface area is 144 Å². The van der Waals surface area contributed by atoms with Gasteiger partial charge in [-0.3, -0.25) is 26.1 Å². The maximum absolute atomic E-state index is 12.0. The minimum atomic E-state index is -0.661. The molecule has 0 aromatic heterocycles. The van der Waals surface area contributed by atoms with E-state index in [1.807, 2.05) is 6.92 Å². The van der Waals surface area contributed by atoms with Crippen molar-refractivity contribution in [1.29, 1.82) is 0 Å². The van der Waals surface area contributed by atoms with Gasteiger partial charge in [-0.1, -0.05) is 0 Å². The number of urea groups is 1. The summed E-state index contributed by atoms with van der Waals surface area (Å²) in [5.41, 5.74) is 6.10. The molecular weight excluding hydrogens is 328 g/mol. The lowest BCUT2D eigenvalue weighted by molar-refractivity contribution is 0.0964. The quantitative estimate of drug-likeness (QED) is 0.473. The van der Waals surface area contributed by atoms with E-state index in [1.165, 1.54) is 0 Å². The van der Waals surface area contributed by atoms with Gasteiger partial charge in [-0.25, -0.2) is 4.79 Å². The van der Waals surface area contributed by atoms with Gasteiger partial charge in [0.15, 0.2) is 0 Å². The minimum Gasteiger partial charge on any atom is -0.494 e. The van der Waals surface area contributed by atoms with E-state index in [9.17, 15) is 9.59 Å². The molecule has 2 aromatic rings. The Morgan fingerprint density at radius 2 is 1.75 bits per heavy atom. The smallest absolute Gasteiger partial charge is 0.340 e. The second kappa shape index (κ2) is 8.80. The molecule has 0 aliphatic heterocycles. The Morgan fingerprint density at radius 1 is 1.08 bits per heavy atom. The van der Waals surface area contributed by atoms with Crippen LogP contribution in [0, 0.1) is 0 Å². The van der Waals surface area contributed by atoms with Gasteiger partial charge in [-0.2, -0.15) is 0 Å². The van der Waals surface area contributed by atoms with Gasteiger partial charge in [-0.05, 0) is 67.4 Å². The van der Waals surface area contributed by atoms with E-state index in [2.05, 4.69) is 16.2 Å². The molecular formula is C16H18N4O3S. The predicted octanol–water partition coefficient (Wildman–Crippen LogP) is 2.52. The van der Waals surface area contributed by atoms with Crippen molar-refractivity contribution in [3.05, 3.63) is 54.1 Å². The highest BCUT2D eigenvalue weighted by atomic mass is 32.2. The molecule has 126 valence electrons. The molecule has 7 nitrogen and oxygen atoms in total. The maximum Gasteiger partial charge on any atom is 0.340 e. The summed E-state index contributed by atoms with van der Waals surface area (Å²) in [7, 11) is 0. The van der Waals surface area contributed by atoms with Crippen molar-refractivity contribution in [2.45, 2.75) is 11.8 Å². The third kappa shape index (κ3) is 5.18. The summed E-state index contributed by atoms with van der Waals surface area (Å²) >= 11 is 1.13. The number of hydrazine groups is 1. The Bertz CT molecular complexity index is 689. The number of hydrogen-bond donors (Lipinski definition) is 4. The predicted molar refractivity (Wildman–Crippen MR) is 93.7 cm³/mol. The lowest BCUT2D eigenvalue weighted by Crippen LogP contribution is -2.42. The topological polar surface area (TPSA) is 105 Å². The molecule has 0 bridgehead atoms. The maximum atomic E-state index is 12.0. The molecule has 24 heavy (non-hydrogen) atoms. The van der Waals surface area contributed by atoms with Crippen LogP contribution >= 0.6 is 11.9 Å². The highest BCUT2D eigenvalue weighted by molar-refractivity contribution is 7.97. The van der Waals surface area contributed by atoms with Gasteiger partial charge in [0.2, 0.25) is 0 Å². The number of ether oxygens (including phenoxy) is 1. The molecule has 0 radical (unpaired) electrons. The summed E-state index contributed by atoms with van der Waals surface area (Å²) in [6, 6.07) is 13.0. The van der Waals surface area contributed by atoms with Crippen molar-refractivity contribution >= 4 is 29.6 Å². The summed E-state index contributed by atoms with van der Waals surface area (Å²) in [5.74, 6) is 0.159. The van der Waals surface area contributed by atoms with Crippen molar-refractivity contribution in [1.82, 2.24) is 10.7 Å². The number of carbonyl (C=O) groups excluding carboxylic acids is 2. The zero-order valence-electron chi connectivity index (χ0n) is 13.0. The van der Waals surface area contributed by atoms with Gasteiger partial charge in [0.1, 0.15) is 5.75 Å². The number of benzene rings is 2. The number of nitrogens with one attached hydrogen (secondary N) is 3. The van der Waals surface area contributed by atoms with Crippen LogP contribution in [-0.2, 0) is 0 Å². The summed E-state index contributed by atoms with van der Waals surface area (Å²) < 4.78 is 5.30. The van der Waals surface area contributed by atoms with Crippen LogP contribution in [0.4, 0.5) is 10.5 Å². The minimum absolute atomic E-state index is 0.359. The molecule has 0 aliphatic carbocycles. The SMILES string of the molecule is CCOc1ccc(C(=O)NC(=O)NNc2ccc(SN)cc2)cc1. The molecule has 5 N–H and O–H groups in total. The standard InChI is InChI=1S/C16H18N4O3S/c1-2-23-13-7-3-11(4-8-13)15(21)18-16(22)20-19-12-5-9-14(24-17)10-6-12/h3-10,19H,2,17H2,1H3,(H2,18,20,21,22). The van der Waals surface area contributed by atoms with Crippen LogP contribution in [0.15, 0.2) is 53.4 Å². The van der Waals surface area contributed by atoms with E-state index in [-0.39, 0.29) is 0 Å². The summed E-state index contributed by atoms with van der Waals surface area (Å²) in [6.45, 7) is 2.42. The molecule has 0 heterocycles. The van der Waals surface area contributed by atoms with Crippen molar-refractivity contribution < 1.29 is 14.3 Å². The first-order valence-corrected chi connectivity index (χ1v) is 8.07. The van der Waals surface area contributed by atoms with E-state index in [4.69, 9.17) is 9.88 Å². The van der Waals surface area contributed by atoms with Crippen molar-refractivity contribution in [2.24, 2.45) is 5.14 Å². The van der Waals surface area contributed by atoms with Gasteiger partial charge in [-0.15, -0.1) is 0 Å². The van der Waals surface area contributed by atoms with Crippen molar-refractivity contribution in [3.8, 4) is 5.75 Å². The van der Waals surface area contributed by atoms with Crippen LogP contribution in [-0.4, -0.2) is 18.5 Å². The lowest BCUT2D eigenvalue weighted by atomic mass is 10.2. The summed E-state index contributed by atoms with van der Waals surface area (Å²) in [6.07, 6.45) is 0. The van der Waals surface area contributed by atoms with Crippen LogP contribution < -0.4 is 26.0 Å². The van der Waals surface area contributed by atoms with Crippen LogP contribution in [0.1, 0.15) is 17.3 Å². The molecule has 2 rings (SSSR count). The fourth-order valence-electron chi connectivity index (χ4n) is 1.82. The Hall–Kier alpha value is -2.71. The fraction of sp³-hybridized carbons (Fsp3) is 0.125. The molecule has 0 saturated carbocycles. The largest absolute Gasteiger partial charge is 0.494 e. The van der Waals surface area contributed by atoms with Gasteiger partial charge in [0.05, 0.1) is 12.3 Å². The van der Waals surface area contributed by atoms with Crippen LogP contribution in [0.2, 0.25) is 0 Å². The number of nitrogens with two attached hydrogens (primary N) is 1. The van der Waals surface area contributed by atoms with Crippen molar-refractivity contribution in [2.75, 3.05) is 12.0 Å². The third-order valence-corrected chi connectivity index (χ3v) is 3.51. The molecule has 0 saturated heterocycles. The number of imide groups is 1. The molecule has 3 amide bonds. The second-order valence-electron chi connectivity index (χ2n) is 4.63. The van der Waals surface area contributed by atoms with Gasteiger partial charge >= 0.3 is 6.03 Å². The lowest BCUT2D eigenvalue weighted by Gasteiger charge is -2.10. The van der Waals surface area contributed by atoms with E-state index in [0.717, 1.165) is 16.8 Å². The zero-order valence-corrected chi connectivity index (χ0v) is 13.9. The normalized spacial score (nSPS) is 9.92. The van der Waals surface area contributed by atoms with Gasteiger partial charge in [0.25, 0.3) is 5.91 Å². The highest BCUT2D eigenvalue weighted by Crippen LogP contribution is 2.15. The fourth-order valence-corrected chi connectivity index (χ4v) is 2.11. The molecule has 2 aromatic carbocycles. The number of anilines is 1. The summed E-state index contributed by atoms with van der Waals surface area (Å²) in [4.78, 5) is 24.6. The number of amides is 3. The average molecular weight is 346 g/mol. The van der Waals surface area contributed by atoms with Gasteiger partial charge < -0.3 is 4.74 Å². The Kier molecular flexibility index (Phi) is 6.47. The second-order valence-corrected chi connectivity index (χ2v) is 5.34. The number of rotatable bonds is 6. The van der Waals surface area contributed by atoms with E-state index < -0.39 is 11.9 Å². The molecule has 0 unspecified atom stereocenters. The van der Waals surface area contributed by atoms with Crippen molar-refractivity contribution in [3.63, 3.8) is 0 Å². The van der Waals surface area contributed by atoms with E-state index in [0.29, 0.717) is 23.6 Å². The molecule has 8 heteroatoms. The summed E-state index contributed by atoms with van der Waals surface area (Å²) in [5, 5.41) is 7.65. The Balaban J connectivity index is 1.83. The molecule has 0 spiro atoms. The first-order chi connectivity index (χ1) is 11.6. The molecule has 0 atom stereocenters.